The second-order valence-electron chi connectivity index (χ2n) is 8.18. The lowest BCUT2D eigenvalue weighted by molar-refractivity contribution is -0.577. The summed E-state index contributed by atoms with van der Waals surface area (Å²) in [6.07, 6.45) is 3.72. The topological polar surface area (TPSA) is 68.5 Å². The fraction of sp³-hybridized carbons (Fsp3) is 0.280. The first-order chi connectivity index (χ1) is 15.8. The number of hydrogen-bond acceptors (Lipinski definition) is 5. The number of ketones is 1. The Kier molecular flexibility index (Phi) is 6.55. The van der Waals surface area contributed by atoms with Gasteiger partial charge in [-0.25, -0.2) is 8.78 Å². The van der Waals surface area contributed by atoms with Gasteiger partial charge >= 0.3 is 0 Å². The number of anilines is 1. The quantitative estimate of drug-likeness (QED) is 0.266. The minimum absolute atomic E-state index is 0.112. The maximum absolute atomic E-state index is 15.3. The highest BCUT2D eigenvalue weighted by Crippen LogP contribution is 2.38. The summed E-state index contributed by atoms with van der Waals surface area (Å²) in [7, 11) is 0. The van der Waals surface area contributed by atoms with Gasteiger partial charge in [0, 0.05) is 26.2 Å². The molecule has 0 radical (unpaired) electrons. The smallest absolute Gasteiger partial charge is 0.268 e. The number of aromatic nitrogens is 1. The fourth-order valence-electron chi connectivity index (χ4n) is 3.87. The SMILES string of the molecule is CC(C)Oc1c(N2CCNCC2)c(F)cc2cc(C(=O)C=Cc3ccc(F)cc3)c[n+]([O-])c12. The molecule has 1 aromatic heterocycles. The Bertz CT molecular complexity index is 1200. The molecular weight excluding hydrogens is 428 g/mol. The van der Waals surface area contributed by atoms with Gasteiger partial charge in [0.05, 0.1) is 17.1 Å². The molecule has 2 heterocycles. The fourth-order valence-corrected chi connectivity index (χ4v) is 3.87. The number of ether oxygens (including phenoxy) is 1. The van der Waals surface area contributed by atoms with Crippen molar-refractivity contribution < 1.29 is 23.0 Å². The van der Waals surface area contributed by atoms with E-state index >= 15 is 4.39 Å². The Hall–Kier alpha value is -3.52. The molecule has 0 bridgehead atoms. The average Bonchev–Trinajstić information content (AvgIpc) is 2.78. The van der Waals surface area contributed by atoms with Crippen LogP contribution in [0.15, 0.2) is 48.7 Å². The standard InChI is InChI=1S/C25H25F2N3O3/c1-16(2)33-25-23-18(14-21(27)24(25)29-11-9-28-10-12-29)13-19(15-30(23)32)22(31)8-5-17-3-6-20(26)7-4-17/h3-8,13-16,28H,9-12H2,1-2H3. The summed E-state index contributed by atoms with van der Waals surface area (Å²) < 4.78 is 34.9. The lowest BCUT2D eigenvalue weighted by atomic mass is 10.1. The Labute approximate surface area is 190 Å². The van der Waals surface area contributed by atoms with Gasteiger partial charge in [0.25, 0.3) is 5.52 Å². The number of hydrogen-bond donors (Lipinski definition) is 1. The van der Waals surface area contributed by atoms with Crippen LogP contribution in [0.3, 0.4) is 0 Å². The summed E-state index contributed by atoms with van der Waals surface area (Å²) in [6.45, 7) is 6.19. The number of nitrogens with zero attached hydrogens (tertiary/aromatic N) is 2. The summed E-state index contributed by atoms with van der Waals surface area (Å²) >= 11 is 0. The molecule has 1 N–H and O–H groups in total. The summed E-state index contributed by atoms with van der Waals surface area (Å²) in [4.78, 5) is 14.6. The number of benzene rings is 2. The van der Waals surface area contributed by atoms with Crippen molar-refractivity contribution in [3.63, 3.8) is 0 Å². The Morgan fingerprint density at radius 2 is 1.88 bits per heavy atom. The zero-order valence-corrected chi connectivity index (χ0v) is 18.5. The molecular formula is C25H25F2N3O3. The van der Waals surface area contributed by atoms with E-state index in [0.29, 0.717) is 36.5 Å². The van der Waals surface area contributed by atoms with Crippen molar-refractivity contribution in [1.82, 2.24) is 5.32 Å². The first kappa shape index (κ1) is 22.7. The average molecular weight is 453 g/mol. The Morgan fingerprint density at radius 3 is 2.55 bits per heavy atom. The molecule has 0 spiro atoms. The van der Waals surface area contributed by atoms with Gasteiger partial charge in [-0.1, -0.05) is 18.2 Å². The molecule has 3 aromatic rings. The van der Waals surface area contributed by atoms with E-state index in [-0.39, 0.29) is 39.8 Å². The van der Waals surface area contributed by atoms with Crippen LogP contribution in [0.4, 0.5) is 14.5 Å². The lowest BCUT2D eigenvalue weighted by Gasteiger charge is -2.31. The summed E-state index contributed by atoms with van der Waals surface area (Å²) in [5, 5.41) is 16.5. The van der Waals surface area contributed by atoms with Crippen LogP contribution in [-0.4, -0.2) is 38.1 Å². The van der Waals surface area contributed by atoms with E-state index in [4.69, 9.17) is 4.74 Å². The van der Waals surface area contributed by atoms with Crippen LogP contribution >= 0.6 is 0 Å². The van der Waals surface area contributed by atoms with Gasteiger partial charge < -0.3 is 20.2 Å². The monoisotopic (exact) mass is 453 g/mol. The maximum Gasteiger partial charge on any atom is 0.268 e. The first-order valence-corrected chi connectivity index (χ1v) is 10.8. The van der Waals surface area contributed by atoms with Crippen molar-refractivity contribution in [3.8, 4) is 5.75 Å². The van der Waals surface area contributed by atoms with Gasteiger partial charge in [0.15, 0.2) is 17.8 Å². The van der Waals surface area contributed by atoms with Gasteiger partial charge in [0.2, 0.25) is 5.75 Å². The van der Waals surface area contributed by atoms with E-state index in [0.717, 1.165) is 0 Å². The number of halogens is 2. The zero-order chi connectivity index (χ0) is 23.5. The van der Waals surface area contributed by atoms with Crippen LogP contribution in [-0.2, 0) is 0 Å². The lowest BCUT2D eigenvalue weighted by Crippen LogP contribution is -2.44. The molecule has 0 unspecified atom stereocenters. The molecule has 1 aliphatic heterocycles. The highest BCUT2D eigenvalue weighted by molar-refractivity contribution is 6.08. The summed E-state index contributed by atoms with van der Waals surface area (Å²) in [5.41, 5.74) is 1.19. The molecule has 33 heavy (non-hydrogen) atoms. The Balaban J connectivity index is 1.76. The van der Waals surface area contributed by atoms with Gasteiger partial charge in [-0.2, -0.15) is 4.73 Å². The molecule has 8 heteroatoms. The predicted octanol–water partition coefficient (Wildman–Crippen LogP) is 3.84. The minimum atomic E-state index is -0.508. The second kappa shape index (κ2) is 9.54. The minimum Gasteiger partial charge on any atom is -0.618 e. The third-order valence-corrected chi connectivity index (χ3v) is 5.37. The number of piperazine rings is 1. The summed E-state index contributed by atoms with van der Waals surface area (Å²) in [6, 6.07) is 8.42. The van der Waals surface area contributed by atoms with Crippen molar-refractivity contribution in [3.05, 3.63) is 76.6 Å². The van der Waals surface area contributed by atoms with Gasteiger partial charge in [-0.15, -0.1) is 0 Å². The van der Waals surface area contributed by atoms with Gasteiger partial charge in [0.1, 0.15) is 11.5 Å². The van der Waals surface area contributed by atoms with E-state index < -0.39 is 11.6 Å². The predicted molar refractivity (Wildman–Crippen MR) is 123 cm³/mol. The van der Waals surface area contributed by atoms with Gasteiger partial charge in [-0.05, 0) is 49.8 Å². The molecule has 6 nitrogen and oxygen atoms in total. The number of fused-ring (bicyclic) bond motifs is 1. The van der Waals surface area contributed by atoms with Crippen LogP contribution in [0.2, 0.25) is 0 Å². The van der Waals surface area contributed by atoms with Crippen molar-refractivity contribution >= 4 is 28.4 Å². The number of carbonyl (C=O) groups is 1. The third kappa shape index (κ3) is 4.96. The number of allylic oxidation sites excluding steroid dienone is 1. The molecule has 2 aromatic carbocycles. The molecule has 0 aliphatic carbocycles. The van der Waals surface area contributed by atoms with E-state index in [2.05, 4.69) is 5.32 Å². The molecule has 4 rings (SSSR count). The highest BCUT2D eigenvalue weighted by atomic mass is 19.1. The van der Waals surface area contributed by atoms with Gasteiger partial charge in [-0.3, -0.25) is 4.79 Å². The van der Waals surface area contributed by atoms with E-state index in [1.54, 1.807) is 0 Å². The van der Waals surface area contributed by atoms with E-state index in [1.165, 1.54) is 54.7 Å². The number of nitrogens with one attached hydrogen (secondary N) is 1. The zero-order valence-electron chi connectivity index (χ0n) is 18.5. The summed E-state index contributed by atoms with van der Waals surface area (Å²) in [5.74, 6) is -1.13. The molecule has 1 fully saturated rings. The molecule has 1 saturated heterocycles. The molecule has 1 aliphatic rings. The maximum atomic E-state index is 15.3. The Morgan fingerprint density at radius 1 is 1.18 bits per heavy atom. The van der Waals surface area contributed by atoms with Crippen LogP contribution in [0.1, 0.15) is 29.8 Å². The number of pyridine rings is 1. The third-order valence-electron chi connectivity index (χ3n) is 5.37. The highest BCUT2D eigenvalue weighted by Gasteiger charge is 2.28. The van der Waals surface area contributed by atoms with Crippen LogP contribution in [0.5, 0.6) is 5.75 Å². The van der Waals surface area contributed by atoms with Crippen LogP contribution in [0, 0.1) is 16.8 Å². The molecule has 0 amide bonds. The largest absolute Gasteiger partial charge is 0.618 e. The van der Waals surface area contributed by atoms with Crippen LogP contribution in [0.25, 0.3) is 17.0 Å². The normalized spacial score (nSPS) is 14.4. The molecule has 0 saturated carbocycles. The second-order valence-corrected chi connectivity index (χ2v) is 8.18. The number of carbonyl (C=O) groups excluding carboxylic acids is 1. The molecule has 0 atom stereocenters. The number of rotatable bonds is 6. The van der Waals surface area contributed by atoms with E-state index in [1.807, 2.05) is 18.7 Å². The van der Waals surface area contributed by atoms with Crippen molar-refractivity contribution in [2.45, 2.75) is 20.0 Å². The van der Waals surface area contributed by atoms with E-state index in [9.17, 15) is 14.4 Å². The first-order valence-electron chi connectivity index (χ1n) is 10.8. The van der Waals surface area contributed by atoms with Crippen molar-refractivity contribution in [1.29, 1.82) is 0 Å². The van der Waals surface area contributed by atoms with Crippen molar-refractivity contribution in [2.24, 2.45) is 0 Å². The van der Waals surface area contributed by atoms with Crippen molar-refractivity contribution in [2.75, 3.05) is 31.1 Å². The van der Waals surface area contributed by atoms with Crippen LogP contribution < -0.4 is 19.7 Å². The molecule has 172 valence electrons.